The lowest BCUT2D eigenvalue weighted by Gasteiger charge is -2.47. The van der Waals surface area contributed by atoms with Crippen LogP contribution in [0.1, 0.15) is 37.1 Å². The SMILES string of the molecule is Cc1cc(N2CCC3(CCC(=O)N(Cc4ccccn4)C3)CC2)nc(N(C)C)n1. The molecule has 4 rings (SSSR count). The summed E-state index contributed by atoms with van der Waals surface area (Å²) in [6.45, 7) is 5.40. The van der Waals surface area contributed by atoms with Gasteiger partial charge in [-0.1, -0.05) is 6.07 Å². The number of aromatic nitrogens is 3. The fourth-order valence-electron chi connectivity index (χ4n) is 4.45. The van der Waals surface area contributed by atoms with Gasteiger partial charge in [-0.15, -0.1) is 0 Å². The molecule has 0 atom stereocenters. The lowest BCUT2D eigenvalue weighted by Crippen LogP contribution is -2.51. The monoisotopic (exact) mass is 394 g/mol. The molecule has 2 aliphatic heterocycles. The van der Waals surface area contributed by atoms with Crippen molar-refractivity contribution in [2.75, 3.05) is 43.5 Å². The predicted octanol–water partition coefficient (Wildman–Crippen LogP) is 2.66. The first-order valence-corrected chi connectivity index (χ1v) is 10.4. The largest absolute Gasteiger partial charge is 0.356 e. The van der Waals surface area contributed by atoms with Crippen molar-refractivity contribution in [1.82, 2.24) is 19.9 Å². The average Bonchev–Trinajstić information content (AvgIpc) is 2.72. The van der Waals surface area contributed by atoms with Crippen molar-refractivity contribution >= 4 is 17.7 Å². The molecule has 2 aliphatic rings. The molecule has 0 bridgehead atoms. The van der Waals surface area contributed by atoms with E-state index < -0.39 is 0 Å². The highest BCUT2D eigenvalue weighted by Gasteiger charge is 2.41. The number of pyridine rings is 1. The van der Waals surface area contributed by atoms with Crippen LogP contribution in [0.4, 0.5) is 11.8 Å². The molecule has 0 saturated carbocycles. The Hall–Kier alpha value is -2.70. The molecule has 154 valence electrons. The number of hydrogen-bond donors (Lipinski definition) is 0. The van der Waals surface area contributed by atoms with Gasteiger partial charge in [-0.3, -0.25) is 9.78 Å². The van der Waals surface area contributed by atoms with Crippen LogP contribution in [0.5, 0.6) is 0 Å². The van der Waals surface area contributed by atoms with Crippen molar-refractivity contribution in [2.24, 2.45) is 5.41 Å². The number of aryl methyl sites for hydroxylation is 1. The summed E-state index contributed by atoms with van der Waals surface area (Å²) in [5.41, 5.74) is 2.16. The Morgan fingerprint density at radius 1 is 1.14 bits per heavy atom. The molecule has 0 aliphatic carbocycles. The quantitative estimate of drug-likeness (QED) is 0.794. The minimum absolute atomic E-state index is 0.214. The summed E-state index contributed by atoms with van der Waals surface area (Å²) in [4.78, 5) is 32.5. The molecular formula is C22H30N6O. The molecule has 29 heavy (non-hydrogen) atoms. The topological polar surface area (TPSA) is 65.5 Å². The van der Waals surface area contributed by atoms with Crippen LogP contribution < -0.4 is 9.80 Å². The van der Waals surface area contributed by atoms with E-state index in [2.05, 4.69) is 20.9 Å². The van der Waals surface area contributed by atoms with Crippen molar-refractivity contribution in [1.29, 1.82) is 0 Å². The third-order valence-corrected chi connectivity index (χ3v) is 6.20. The first kappa shape index (κ1) is 19.6. The molecule has 2 fully saturated rings. The van der Waals surface area contributed by atoms with E-state index in [1.54, 1.807) is 6.20 Å². The summed E-state index contributed by atoms with van der Waals surface area (Å²) >= 11 is 0. The third-order valence-electron chi connectivity index (χ3n) is 6.20. The van der Waals surface area contributed by atoms with Gasteiger partial charge < -0.3 is 14.7 Å². The van der Waals surface area contributed by atoms with E-state index in [0.717, 1.165) is 62.1 Å². The van der Waals surface area contributed by atoms with Crippen LogP contribution in [0.2, 0.25) is 0 Å². The normalized spacial score (nSPS) is 18.9. The summed E-state index contributed by atoms with van der Waals surface area (Å²) in [7, 11) is 3.94. The molecule has 2 aromatic heterocycles. The second kappa shape index (κ2) is 7.97. The Balaban J connectivity index is 1.43. The summed E-state index contributed by atoms with van der Waals surface area (Å²) in [6.07, 6.45) is 5.59. The first-order valence-electron chi connectivity index (χ1n) is 10.4. The van der Waals surface area contributed by atoms with Crippen LogP contribution in [0.25, 0.3) is 0 Å². The number of likely N-dealkylation sites (tertiary alicyclic amines) is 1. The second-order valence-corrected chi connectivity index (χ2v) is 8.62. The maximum absolute atomic E-state index is 12.5. The Kier molecular flexibility index (Phi) is 5.39. The fraction of sp³-hybridized carbons (Fsp3) is 0.545. The van der Waals surface area contributed by atoms with Crippen molar-refractivity contribution in [3.8, 4) is 0 Å². The highest BCUT2D eigenvalue weighted by molar-refractivity contribution is 5.77. The highest BCUT2D eigenvalue weighted by Crippen LogP contribution is 2.41. The molecule has 0 radical (unpaired) electrons. The number of hydrogen-bond acceptors (Lipinski definition) is 6. The van der Waals surface area contributed by atoms with Gasteiger partial charge in [0.15, 0.2) is 0 Å². The molecule has 0 unspecified atom stereocenters. The van der Waals surface area contributed by atoms with Crippen LogP contribution >= 0.6 is 0 Å². The second-order valence-electron chi connectivity index (χ2n) is 8.62. The summed E-state index contributed by atoms with van der Waals surface area (Å²) < 4.78 is 0. The van der Waals surface area contributed by atoms with Crippen molar-refractivity contribution in [3.63, 3.8) is 0 Å². The summed E-state index contributed by atoms with van der Waals surface area (Å²) in [5.74, 6) is 2.02. The molecule has 0 aromatic carbocycles. The van der Waals surface area contributed by atoms with Gasteiger partial charge in [0.25, 0.3) is 0 Å². The number of nitrogens with zero attached hydrogens (tertiary/aromatic N) is 6. The van der Waals surface area contributed by atoms with Crippen LogP contribution in [-0.4, -0.2) is 59.5 Å². The van der Waals surface area contributed by atoms with Gasteiger partial charge in [0.1, 0.15) is 5.82 Å². The van der Waals surface area contributed by atoms with Crippen LogP contribution in [-0.2, 0) is 11.3 Å². The number of rotatable bonds is 4. The maximum atomic E-state index is 12.5. The Morgan fingerprint density at radius 2 is 1.93 bits per heavy atom. The Morgan fingerprint density at radius 3 is 2.62 bits per heavy atom. The van der Waals surface area contributed by atoms with E-state index in [-0.39, 0.29) is 11.3 Å². The predicted molar refractivity (Wildman–Crippen MR) is 114 cm³/mol. The van der Waals surface area contributed by atoms with Gasteiger partial charge >= 0.3 is 0 Å². The van der Waals surface area contributed by atoms with Gasteiger partial charge in [0, 0.05) is 58.1 Å². The van der Waals surface area contributed by atoms with Crippen LogP contribution in [0.3, 0.4) is 0 Å². The van der Waals surface area contributed by atoms with Crippen molar-refractivity contribution < 1.29 is 4.79 Å². The van der Waals surface area contributed by atoms with E-state index in [9.17, 15) is 4.79 Å². The molecule has 4 heterocycles. The van der Waals surface area contributed by atoms with Crippen LogP contribution in [0, 0.1) is 12.3 Å². The maximum Gasteiger partial charge on any atom is 0.226 e. The molecule has 7 nitrogen and oxygen atoms in total. The summed E-state index contributed by atoms with van der Waals surface area (Å²) in [5, 5.41) is 0. The van der Waals surface area contributed by atoms with Gasteiger partial charge in [0.2, 0.25) is 11.9 Å². The lowest BCUT2D eigenvalue weighted by atomic mass is 9.72. The molecular weight excluding hydrogens is 364 g/mol. The van der Waals surface area contributed by atoms with E-state index in [4.69, 9.17) is 4.98 Å². The van der Waals surface area contributed by atoms with Gasteiger partial charge in [-0.25, -0.2) is 4.98 Å². The minimum atomic E-state index is 0.214. The molecule has 2 aromatic rings. The number of piperidine rings is 2. The van der Waals surface area contributed by atoms with Crippen molar-refractivity contribution in [3.05, 3.63) is 41.9 Å². The Bertz CT molecular complexity index is 861. The van der Waals surface area contributed by atoms with E-state index in [0.29, 0.717) is 13.0 Å². The number of carbonyl (C=O) groups is 1. The summed E-state index contributed by atoms with van der Waals surface area (Å²) in [6, 6.07) is 7.96. The van der Waals surface area contributed by atoms with Gasteiger partial charge in [0.05, 0.1) is 12.2 Å². The van der Waals surface area contributed by atoms with E-state index >= 15 is 0 Å². The average molecular weight is 395 g/mol. The number of carbonyl (C=O) groups excluding carboxylic acids is 1. The standard InChI is InChI=1S/C22H30N6O/c1-17-14-19(25-21(24-17)26(2)3)27-12-9-22(10-13-27)8-7-20(29)28(16-22)15-18-6-4-5-11-23-18/h4-6,11,14H,7-10,12-13,15-16H2,1-3H3. The van der Waals surface area contributed by atoms with Gasteiger partial charge in [-0.05, 0) is 43.7 Å². The van der Waals surface area contributed by atoms with E-state index in [1.807, 2.05) is 49.0 Å². The van der Waals surface area contributed by atoms with Crippen LogP contribution in [0.15, 0.2) is 30.5 Å². The molecule has 7 heteroatoms. The zero-order valence-electron chi connectivity index (χ0n) is 17.6. The smallest absolute Gasteiger partial charge is 0.226 e. The number of anilines is 2. The fourth-order valence-corrected chi connectivity index (χ4v) is 4.45. The molecule has 1 spiro atoms. The minimum Gasteiger partial charge on any atom is -0.356 e. The molecule has 1 amide bonds. The third kappa shape index (κ3) is 4.33. The zero-order valence-corrected chi connectivity index (χ0v) is 17.6. The van der Waals surface area contributed by atoms with Crippen molar-refractivity contribution in [2.45, 2.75) is 39.2 Å². The van der Waals surface area contributed by atoms with Gasteiger partial charge in [-0.2, -0.15) is 4.98 Å². The molecule has 0 N–H and O–H groups in total. The molecule has 2 saturated heterocycles. The zero-order chi connectivity index (χ0) is 20.4. The number of amides is 1. The lowest BCUT2D eigenvalue weighted by molar-refractivity contribution is -0.139. The highest BCUT2D eigenvalue weighted by atomic mass is 16.2. The Labute approximate surface area is 172 Å². The van der Waals surface area contributed by atoms with E-state index in [1.165, 1.54) is 0 Å². The first-order chi connectivity index (χ1) is 13.9.